The molecule has 2 amide bonds. The molecule has 1 aromatic carbocycles. The molecule has 0 aromatic heterocycles. The third-order valence-corrected chi connectivity index (χ3v) is 3.67. The Morgan fingerprint density at radius 3 is 2.40 bits per heavy atom. The molecule has 1 heterocycles. The van der Waals surface area contributed by atoms with E-state index in [4.69, 9.17) is 0 Å². The molecular weight excluding hydrogens is 252 g/mol. The molecule has 108 valence electrons. The van der Waals surface area contributed by atoms with E-state index in [0.717, 1.165) is 31.5 Å². The van der Waals surface area contributed by atoms with E-state index in [-0.39, 0.29) is 17.9 Å². The predicted octanol–water partition coefficient (Wildman–Crippen LogP) is 2.27. The van der Waals surface area contributed by atoms with Crippen LogP contribution in [0.15, 0.2) is 30.3 Å². The van der Waals surface area contributed by atoms with Crippen LogP contribution < -0.4 is 5.32 Å². The quantitative estimate of drug-likeness (QED) is 0.915. The number of likely N-dealkylation sites (tertiary alicyclic amines) is 1. The first-order chi connectivity index (χ1) is 9.66. The Kier molecular flexibility index (Phi) is 5.16. The normalized spacial score (nSPS) is 16.6. The average Bonchev–Trinajstić information content (AvgIpc) is 2.48. The second-order valence-corrected chi connectivity index (χ2v) is 5.31. The highest BCUT2D eigenvalue weighted by atomic mass is 16.2. The van der Waals surface area contributed by atoms with E-state index < -0.39 is 0 Å². The molecule has 1 aliphatic heterocycles. The zero-order valence-corrected chi connectivity index (χ0v) is 12.0. The molecule has 1 atom stereocenters. The van der Waals surface area contributed by atoms with Crippen LogP contribution >= 0.6 is 0 Å². The van der Waals surface area contributed by atoms with Crippen LogP contribution in [-0.2, 0) is 9.59 Å². The van der Waals surface area contributed by atoms with Crippen molar-refractivity contribution in [1.29, 1.82) is 0 Å². The van der Waals surface area contributed by atoms with E-state index in [1.165, 1.54) is 13.3 Å². The highest BCUT2D eigenvalue weighted by molar-refractivity contribution is 5.79. The maximum atomic E-state index is 12.3. The molecular formula is C16H22N2O2. The van der Waals surface area contributed by atoms with Gasteiger partial charge in [-0.15, -0.1) is 0 Å². The number of nitrogens with zero attached hydrogens (tertiary/aromatic N) is 1. The van der Waals surface area contributed by atoms with Crippen molar-refractivity contribution in [3.63, 3.8) is 0 Å². The molecule has 4 nitrogen and oxygen atoms in total. The summed E-state index contributed by atoms with van der Waals surface area (Å²) < 4.78 is 0. The van der Waals surface area contributed by atoms with Gasteiger partial charge in [-0.25, -0.2) is 0 Å². The maximum absolute atomic E-state index is 12.3. The van der Waals surface area contributed by atoms with E-state index in [1.807, 2.05) is 35.2 Å². The van der Waals surface area contributed by atoms with Crippen molar-refractivity contribution < 1.29 is 9.59 Å². The molecule has 0 unspecified atom stereocenters. The molecule has 1 saturated heterocycles. The Labute approximate surface area is 120 Å². The van der Waals surface area contributed by atoms with Crippen LogP contribution in [0.25, 0.3) is 0 Å². The Morgan fingerprint density at radius 1 is 1.15 bits per heavy atom. The van der Waals surface area contributed by atoms with Crippen molar-refractivity contribution in [2.24, 2.45) is 0 Å². The number of benzene rings is 1. The molecule has 1 N–H and O–H groups in total. The minimum Gasteiger partial charge on any atom is -0.349 e. The first-order valence-electron chi connectivity index (χ1n) is 7.26. The summed E-state index contributed by atoms with van der Waals surface area (Å²) in [6.07, 6.45) is 3.71. The summed E-state index contributed by atoms with van der Waals surface area (Å²) in [6, 6.07) is 9.45. The maximum Gasteiger partial charge on any atom is 0.224 e. The van der Waals surface area contributed by atoms with Gasteiger partial charge in [-0.1, -0.05) is 30.3 Å². The lowest BCUT2D eigenvalue weighted by Gasteiger charge is -2.28. The fourth-order valence-corrected chi connectivity index (χ4v) is 2.63. The standard InChI is InChI=1S/C16H22N2O2/c1-13(19)17-15(14-8-4-2-5-9-14)12-16(20)18-10-6-3-7-11-18/h2,4-5,8-9,15H,3,6-7,10-12H2,1H3,(H,17,19)/t15-/m0/s1. The monoisotopic (exact) mass is 274 g/mol. The molecule has 0 spiro atoms. The number of rotatable bonds is 4. The first kappa shape index (κ1) is 14.6. The number of hydrogen-bond donors (Lipinski definition) is 1. The zero-order valence-electron chi connectivity index (χ0n) is 12.0. The number of carbonyl (C=O) groups is 2. The highest BCUT2D eigenvalue weighted by Gasteiger charge is 2.22. The second-order valence-electron chi connectivity index (χ2n) is 5.31. The van der Waals surface area contributed by atoms with Crippen molar-refractivity contribution in [3.05, 3.63) is 35.9 Å². The smallest absolute Gasteiger partial charge is 0.224 e. The molecule has 1 aliphatic rings. The number of hydrogen-bond acceptors (Lipinski definition) is 2. The molecule has 4 heteroatoms. The first-order valence-corrected chi connectivity index (χ1v) is 7.26. The number of carbonyl (C=O) groups excluding carboxylic acids is 2. The fraction of sp³-hybridized carbons (Fsp3) is 0.500. The van der Waals surface area contributed by atoms with Gasteiger partial charge in [-0.2, -0.15) is 0 Å². The molecule has 1 aromatic rings. The van der Waals surface area contributed by atoms with E-state index >= 15 is 0 Å². The third-order valence-electron chi connectivity index (χ3n) is 3.67. The summed E-state index contributed by atoms with van der Waals surface area (Å²) in [6.45, 7) is 3.18. The third kappa shape index (κ3) is 4.08. The minimum absolute atomic E-state index is 0.106. The molecule has 0 radical (unpaired) electrons. The summed E-state index contributed by atoms with van der Waals surface area (Å²) in [5.74, 6) is 0.0256. The van der Waals surface area contributed by atoms with Crippen molar-refractivity contribution in [3.8, 4) is 0 Å². The van der Waals surface area contributed by atoms with Crippen LogP contribution in [-0.4, -0.2) is 29.8 Å². The minimum atomic E-state index is -0.233. The van der Waals surface area contributed by atoms with Gasteiger partial charge >= 0.3 is 0 Å². The van der Waals surface area contributed by atoms with Gasteiger partial charge < -0.3 is 10.2 Å². The largest absolute Gasteiger partial charge is 0.349 e. The summed E-state index contributed by atoms with van der Waals surface area (Å²) in [5.41, 5.74) is 0.980. The molecule has 20 heavy (non-hydrogen) atoms. The zero-order chi connectivity index (χ0) is 14.4. The summed E-state index contributed by atoms with van der Waals surface area (Å²) in [7, 11) is 0. The van der Waals surface area contributed by atoms with E-state index in [1.54, 1.807) is 0 Å². The molecule has 2 rings (SSSR count). The molecule has 0 bridgehead atoms. The Bertz CT molecular complexity index is 453. The van der Waals surface area contributed by atoms with Crippen molar-refractivity contribution in [2.75, 3.05) is 13.1 Å². The van der Waals surface area contributed by atoms with Crippen LogP contribution in [0.5, 0.6) is 0 Å². The topological polar surface area (TPSA) is 49.4 Å². The second kappa shape index (κ2) is 7.08. The lowest BCUT2D eigenvalue weighted by atomic mass is 10.0. The Morgan fingerprint density at radius 2 is 1.80 bits per heavy atom. The van der Waals surface area contributed by atoms with E-state index in [9.17, 15) is 9.59 Å². The summed E-state index contributed by atoms with van der Waals surface area (Å²) in [5, 5.41) is 2.88. The van der Waals surface area contributed by atoms with Crippen molar-refractivity contribution >= 4 is 11.8 Å². The van der Waals surface area contributed by atoms with Crippen LogP contribution in [0.4, 0.5) is 0 Å². The lowest BCUT2D eigenvalue weighted by Crippen LogP contribution is -2.38. The SMILES string of the molecule is CC(=O)N[C@@H](CC(=O)N1CCCCC1)c1ccccc1. The summed E-state index contributed by atoms with van der Waals surface area (Å²) in [4.78, 5) is 25.6. The van der Waals surface area contributed by atoms with Crippen LogP contribution in [0.3, 0.4) is 0 Å². The van der Waals surface area contributed by atoms with Gasteiger partial charge in [-0.3, -0.25) is 9.59 Å². The van der Waals surface area contributed by atoms with Crippen LogP contribution in [0.2, 0.25) is 0 Å². The summed E-state index contributed by atoms with van der Waals surface area (Å²) >= 11 is 0. The Balaban J connectivity index is 2.03. The number of nitrogens with one attached hydrogen (secondary N) is 1. The molecule has 0 aliphatic carbocycles. The van der Waals surface area contributed by atoms with Crippen LogP contribution in [0.1, 0.15) is 44.2 Å². The predicted molar refractivity (Wildman–Crippen MR) is 78.0 cm³/mol. The lowest BCUT2D eigenvalue weighted by molar-refractivity contribution is -0.132. The fourth-order valence-electron chi connectivity index (χ4n) is 2.63. The van der Waals surface area contributed by atoms with Gasteiger partial charge in [0.25, 0.3) is 0 Å². The van der Waals surface area contributed by atoms with Crippen molar-refractivity contribution in [1.82, 2.24) is 10.2 Å². The van der Waals surface area contributed by atoms with E-state index in [2.05, 4.69) is 5.32 Å². The van der Waals surface area contributed by atoms with Gasteiger partial charge in [0.1, 0.15) is 0 Å². The average molecular weight is 274 g/mol. The molecule has 0 saturated carbocycles. The highest BCUT2D eigenvalue weighted by Crippen LogP contribution is 2.19. The number of piperidine rings is 1. The van der Waals surface area contributed by atoms with E-state index in [0.29, 0.717) is 6.42 Å². The van der Waals surface area contributed by atoms with Gasteiger partial charge in [0.15, 0.2) is 0 Å². The van der Waals surface area contributed by atoms with Gasteiger partial charge in [0, 0.05) is 20.0 Å². The van der Waals surface area contributed by atoms with Gasteiger partial charge in [-0.05, 0) is 24.8 Å². The Hall–Kier alpha value is -1.84. The molecule has 1 fully saturated rings. The van der Waals surface area contributed by atoms with Crippen LogP contribution in [0, 0.1) is 0 Å². The van der Waals surface area contributed by atoms with Gasteiger partial charge in [0.2, 0.25) is 11.8 Å². The van der Waals surface area contributed by atoms with Crippen molar-refractivity contribution in [2.45, 2.75) is 38.6 Å². The number of amides is 2. The van der Waals surface area contributed by atoms with Gasteiger partial charge in [0.05, 0.1) is 12.5 Å².